The Bertz CT molecular complexity index is 1550. The van der Waals surface area contributed by atoms with Crippen molar-refractivity contribution in [2.24, 2.45) is 0 Å². The fourth-order valence-electron chi connectivity index (χ4n) is 4.08. The minimum absolute atomic E-state index is 0.216. The van der Waals surface area contributed by atoms with Crippen molar-refractivity contribution in [1.82, 2.24) is 4.98 Å². The third-order valence-corrected chi connectivity index (χ3v) is 6.84. The molecule has 0 aliphatic heterocycles. The summed E-state index contributed by atoms with van der Waals surface area (Å²) in [5.41, 5.74) is 6.39. The van der Waals surface area contributed by atoms with Crippen LogP contribution in [0.3, 0.4) is 0 Å². The average molecular weight is 432 g/mol. The van der Waals surface area contributed by atoms with Gasteiger partial charge in [-0.15, -0.1) is 11.3 Å². The van der Waals surface area contributed by atoms with E-state index in [1.54, 1.807) is 23.5 Å². The summed E-state index contributed by atoms with van der Waals surface area (Å²) < 4.78 is 14.7. The second-order valence-electron chi connectivity index (χ2n) is 7.85. The van der Waals surface area contributed by atoms with E-state index in [2.05, 4.69) is 66.7 Å². The van der Waals surface area contributed by atoms with Gasteiger partial charge in [0, 0.05) is 5.56 Å². The molecule has 0 radical (unpaired) electrons. The first-order valence-corrected chi connectivity index (χ1v) is 11.3. The molecule has 1 nitrogen and oxygen atoms in total. The predicted molar refractivity (Wildman–Crippen MR) is 133 cm³/mol. The van der Waals surface area contributed by atoms with Gasteiger partial charge >= 0.3 is 0 Å². The quantitative estimate of drug-likeness (QED) is 0.273. The van der Waals surface area contributed by atoms with Gasteiger partial charge in [-0.05, 0) is 69.4 Å². The van der Waals surface area contributed by atoms with Gasteiger partial charge in [0.15, 0.2) is 0 Å². The van der Waals surface area contributed by atoms with Gasteiger partial charge in [0.05, 0.1) is 10.2 Å². The van der Waals surface area contributed by atoms with E-state index in [-0.39, 0.29) is 5.82 Å². The standard InChI is InChI=1S/C29H18FNS/c30-26-5-3-4-21(18-26)19-8-10-20(11-9-19)22-12-13-24-17-25(15-14-23(24)16-22)29-31-27-6-1-2-7-28(27)32-29/h1-18H. The molecule has 1 heterocycles. The fraction of sp³-hybridized carbons (Fsp3) is 0. The van der Waals surface area contributed by atoms with Gasteiger partial charge in [0.2, 0.25) is 0 Å². The first-order chi connectivity index (χ1) is 15.7. The van der Waals surface area contributed by atoms with Crippen molar-refractivity contribution in [2.45, 2.75) is 0 Å². The first-order valence-electron chi connectivity index (χ1n) is 10.5. The molecule has 0 unspecified atom stereocenters. The Kier molecular flexibility index (Phi) is 4.55. The Morgan fingerprint density at radius 1 is 0.531 bits per heavy atom. The Morgan fingerprint density at radius 2 is 1.16 bits per heavy atom. The van der Waals surface area contributed by atoms with E-state index in [1.165, 1.54) is 21.5 Å². The maximum absolute atomic E-state index is 13.5. The largest absolute Gasteiger partial charge is 0.236 e. The van der Waals surface area contributed by atoms with E-state index in [0.29, 0.717) is 0 Å². The number of hydrogen-bond acceptors (Lipinski definition) is 2. The number of thiazole rings is 1. The molecular formula is C29H18FNS. The number of nitrogens with zero attached hydrogens (tertiary/aromatic N) is 1. The average Bonchev–Trinajstić information content (AvgIpc) is 3.28. The Hall–Kier alpha value is -3.82. The number of hydrogen-bond donors (Lipinski definition) is 0. The number of rotatable bonds is 3. The van der Waals surface area contributed by atoms with E-state index in [1.807, 2.05) is 24.3 Å². The summed E-state index contributed by atoms with van der Waals surface area (Å²) >= 11 is 1.72. The van der Waals surface area contributed by atoms with Crippen molar-refractivity contribution in [3.63, 3.8) is 0 Å². The molecule has 0 atom stereocenters. The lowest BCUT2D eigenvalue weighted by Gasteiger charge is -2.07. The number of fused-ring (bicyclic) bond motifs is 2. The highest BCUT2D eigenvalue weighted by Gasteiger charge is 2.08. The number of aromatic nitrogens is 1. The molecule has 6 rings (SSSR count). The van der Waals surface area contributed by atoms with Crippen LogP contribution in [0.15, 0.2) is 109 Å². The lowest BCUT2D eigenvalue weighted by atomic mass is 9.98. The first kappa shape index (κ1) is 18.9. The van der Waals surface area contributed by atoms with E-state index in [0.717, 1.165) is 38.3 Å². The minimum Gasteiger partial charge on any atom is -0.236 e. The van der Waals surface area contributed by atoms with Crippen LogP contribution in [-0.4, -0.2) is 4.98 Å². The molecule has 0 fully saturated rings. The number of benzene rings is 5. The molecule has 0 aliphatic carbocycles. The van der Waals surface area contributed by atoms with Gasteiger partial charge in [-0.25, -0.2) is 9.37 Å². The summed E-state index contributed by atoms with van der Waals surface area (Å²) in [4.78, 5) is 4.79. The Balaban J connectivity index is 1.33. The van der Waals surface area contributed by atoms with Crippen molar-refractivity contribution in [3.05, 3.63) is 115 Å². The minimum atomic E-state index is -0.216. The van der Waals surface area contributed by atoms with Gasteiger partial charge in [-0.3, -0.25) is 0 Å². The summed E-state index contributed by atoms with van der Waals surface area (Å²) in [5.74, 6) is -0.216. The molecule has 0 amide bonds. The zero-order valence-electron chi connectivity index (χ0n) is 17.1. The second kappa shape index (κ2) is 7.70. The molecular weight excluding hydrogens is 413 g/mol. The Labute approximate surface area is 189 Å². The lowest BCUT2D eigenvalue weighted by Crippen LogP contribution is -1.83. The topological polar surface area (TPSA) is 12.9 Å². The van der Waals surface area contributed by atoms with Crippen LogP contribution >= 0.6 is 11.3 Å². The predicted octanol–water partition coefficient (Wildman–Crippen LogP) is 8.59. The molecule has 0 saturated carbocycles. The van der Waals surface area contributed by atoms with Crippen LogP contribution in [0.5, 0.6) is 0 Å². The van der Waals surface area contributed by atoms with Crippen molar-refractivity contribution >= 4 is 32.3 Å². The highest BCUT2D eigenvalue weighted by molar-refractivity contribution is 7.21. The third kappa shape index (κ3) is 3.47. The summed E-state index contributed by atoms with van der Waals surface area (Å²) in [6.07, 6.45) is 0. The Morgan fingerprint density at radius 3 is 1.88 bits per heavy atom. The number of halogens is 1. The summed E-state index contributed by atoms with van der Waals surface area (Å²) in [7, 11) is 0. The van der Waals surface area contributed by atoms with Crippen LogP contribution < -0.4 is 0 Å². The highest BCUT2D eigenvalue weighted by atomic mass is 32.1. The van der Waals surface area contributed by atoms with E-state index >= 15 is 0 Å². The van der Waals surface area contributed by atoms with Crippen molar-refractivity contribution in [2.75, 3.05) is 0 Å². The van der Waals surface area contributed by atoms with Crippen molar-refractivity contribution in [3.8, 4) is 32.8 Å². The normalized spacial score (nSPS) is 11.3. The lowest BCUT2D eigenvalue weighted by molar-refractivity contribution is 0.628. The molecule has 5 aromatic carbocycles. The number of para-hydroxylation sites is 1. The molecule has 0 saturated heterocycles. The van der Waals surface area contributed by atoms with E-state index < -0.39 is 0 Å². The van der Waals surface area contributed by atoms with Crippen LogP contribution in [0, 0.1) is 5.82 Å². The molecule has 6 aromatic rings. The van der Waals surface area contributed by atoms with Gasteiger partial charge in [-0.2, -0.15) is 0 Å². The molecule has 1 aromatic heterocycles. The zero-order chi connectivity index (χ0) is 21.5. The van der Waals surface area contributed by atoms with Gasteiger partial charge in [-0.1, -0.05) is 72.8 Å². The molecule has 0 N–H and O–H groups in total. The maximum Gasteiger partial charge on any atom is 0.124 e. The molecule has 32 heavy (non-hydrogen) atoms. The van der Waals surface area contributed by atoms with Crippen LogP contribution in [0.25, 0.3) is 53.8 Å². The van der Waals surface area contributed by atoms with Gasteiger partial charge in [0.1, 0.15) is 10.8 Å². The third-order valence-electron chi connectivity index (χ3n) is 5.76. The summed E-state index contributed by atoms with van der Waals surface area (Å²) in [6, 6.07) is 36.3. The maximum atomic E-state index is 13.5. The van der Waals surface area contributed by atoms with Crippen molar-refractivity contribution in [1.29, 1.82) is 0 Å². The summed E-state index contributed by atoms with van der Waals surface area (Å²) in [6.45, 7) is 0. The highest BCUT2D eigenvalue weighted by Crippen LogP contribution is 2.33. The monoisotopic (exact) mass is 431 g/mol. The van der Waals surface area contributed by atoms with Gasteiger partial charge in [0.25, 0.3) is 0 Å². The van der Waals surface area contributed by atoms with Crippen LogP contribution in [-0.2, 0) is 0 Å². The van der Waals surface area contributed by atoms with Crippen molar-refractivity contribution < 1.29 is 4.39 Å². The van der Waals surface area contributed by atoms with E-state index in [4.69, 9.17) is 4.98 Å². The summed E-state index contributed by atoms with van der Waals surface area (Å²) in [5, 5.41) is 3.44. The second-order valence-corrected chi connectivity index (χ2v) is 8.88. The zero-order valence-corrected chi connectivity index (χ0v) is 17.9. The van der Waals surface area contributed by atoms with E-state index in [9.17, 15) is 4.39 Å². The van der Waals surface area contributed by atoms with Gasteiger partial charge < -0.3 is 0 Å². The fourth-order valence-corrected chi connectivity index (χ4v) is 5.04. The molecule has 0 bridgehead atoms. The van der Waals surface area contributed by atoms with Crippen LogP contribution in [0.1, 0.15) is 0 Å². The molecule has 152 valence electrons. The SMILES string of the molecule is Fc1cccc(-c2ccc(-c3ccc4cc(-c5nc6ccccc6s5)ccc4c3)cc2)c1. The van der Waals surface area contributed by atoms with Crippen LogP contribution in [0.2, 0.25) is 0 Å². The smallest absolute Gasteiger partial charge is 0.124 e. The molecule has 0 aliphatic rings. The van der Waals surface area contributed by atoms with Crippen LogP contribution in [0.4, 0.5) is 4.39 Å². The molecule has 0 spiro atoms. The molecule has 3 heteroatoms.